The van der Waals surface area contributed by atoms with Crippen LogP contribution in [0, 0.1) is 19.8 Å². The fraction of sp³-hybridized carbons (Fsp3) is 0.421. The fourth-order valence-electron chi connectivity index (χ4n) is 2.55. The molecule has 1 atom stereocenters. The summed E-state index contributed by atoms with van der Waals surface area (Å²) in [7, 11) is 0. The van der Waals surface area contributed by atoms with E-state index in [1.165, 1.54) is 6.92 Å². The van der Waals surface area contributed by atoms with E-state index in [4.69, 9.17) is 0 Å². The van der Waals surface area contributed by atoms with E-state index in [2.05, 4.69) is 15.6 Å². The molecular formula is C19H26N4O2. The molecule has 6 nitrogen and oxygen atoms in total. The standard InChI is InChI=1S/C19H26N4O2/c1-12(2)19(6,22-15(5)24)18(25)21-16-7-9-17(10-8-16)23-11-20-13(3)14(23)4/h7-12H,1-6H3,(H,21,25)(H,22,24). The van der Waals surface area contributed by atoms with Crippen LogP contribution in [-0.2, 0) is 9.59 Å². The second-order valence-electron chi connectivity index (χ2n) is 6.82. The highest BCUT2D eigenvalue weighted by molar-refractivity contribution is 6.00. The van der Waals surface area contributed by atoms with E-state index in [9.17, 15) is 9.59 Å². The minimum atomic E-state index is -0.970. The van der Waals surface area contributed by atoms with Crippen LogP contribution in [0.25, 0.3) is 5.69 Å². The van der Waals surface area contributed by atoms with Crippen molar-refractivity contribution in [2.45, 2.75) is 47.1 Å². The number of aromatic nitrogens is 2. The number of carbonyl (C=O) groups excluding carboxylic acids is 2. The third-order valence-corrected chi connectivity index (χ3v) is 4.72. The summed E-state index contributed by atoms with van der Waals surface area (Å²) < 4.78 is 2.00. The van der Waals surface area contributed by atoms with Crippen LogP contribution in [0.2, 0.25) is 0 Å². The van der Waals surface area contributed by atoms with Crippen molar-refractivity contribution in [3.63, 3.8) is 0 Å². The number of benzene rings is 1. The lowest BCUT2D eigenvalue weighted by atomic mass is 9.87. The molecule has 1 aromatic heterocycles. The zero-order valence-electron chi connectivity index (χ0n) is 15.7. The second-order valence-corrected chi connectivity index (χ2v) is 6.82. The summed E-state index contributed by atoms with van der Waals surface area (Å²) >= 11 is 0. The van der Waals surface area contributed by atoms with Crippen molar-refractivity contribution in [2.75, 3.05) is 5.32 Å². The Balaban J connectivity index is 2.19. The van der Waals surface area contributed by atoms with E-state index in [-0.39, 0.29) is 17.7 Å². The monoisotopic (exact) mass is 342 g/mol. The first-order valence-electron chi connectivity index (χ1n) is 8.36. The molecule has 2 N–H and O–H groups in total. The Labute approximate surface area is 148 Å². The molecule has 0 aliphatic heterocycles. The van der Waals surface area contributed by atoms with E-state index in [0.29, 0.717) is 5.69 Å². The minimum Gasteiger partial charge on any atom is -0.342 e. The first kappa shape index (κ1) is 18.7. The Hall–Kier alpha value is -2.63. The number of hydrogen-bond donors (Lipinski definition) is 2. The molecule has 1 aromatic carbocycles. The van der Waals surface area contributed by atoms with Crippen molar-refractivity contribution in [3.8, 4) is 5.69 Å². The average molecular weight is 342 g/mol. The van der Waals surface area contributed by atoms with Crippen LogP contribution in [0.4, 0.5) is 5.69 Å². The van der Waals surface area contributed by atoms with Gasteiger partial charge in [0.1, 0.15) is 5.54 Å². The first-order chi connectivity index (χ1) is 11.6. The van der Waals surface area contributed by atoms with Crippen molar-refractivity contribution in [2.24, 2.45) is 5.92 Å². The predicted molar refractivity (Wildman–Crippen MR) is 98.7 cm³/mol. The van der Waals surface area contributed by atoms with E-state index in [1.807, 2.05) is 56.5 Å². The van der Waals surface area contributed by atoms with Gasteiger partial charge in [-0.05, 0) is 51.0 Å². The number of anilines is 1. The normalized spacial score (nSPS) is 13.4. The molecule has 134 valence electrons. The van der Waals surface area contributed by atoms with Gasteiger partial charge in [0.2, 0.25) is 11.8 Å². The molecule has 2 rings (SSSR count). The minimum absolute atomic E-state index is 0.0488. The van der Waals surface area contributed by atoms with Crippen LogP contribution in [0.5, 0.6) is 0 Å². The average Bonchev–Trinajstić information content (AvgIpc) is 2.87. The van der Waals surface area contributed by atoms with E-state index < -0.39 is 5.54 Å². The Morgan fingerprint density at radius 1 is 1.16 bits per heavy atom. The van der Waals surface area contributed by atoms with Gasteiger partial charge in [0, 0.05) is 24.0 Å². The van der Waals surface area contributed by atoms with Gasteiger partial charge >= 0.3 is 0 Å². The number of hydrogen-bond acceptors (Lipinski definition) is 3. The topological polar surface area (TPSA) is 76.0 Å². The summed E-state index contributed by atoms with van der Waals surface area (Å²) in [4.78, 5) is 28.4. The summed E-state index contributed by atoms with van der Waals surface area (Å²) in [6.07, 6.45) is 1.78. The lowest BCUT2D eigenvalue weighted by molar-refractivity contribution is -0.130. The van der Waals surface area contributed by atoms with Gasteiger partial charge in [-0.25, -0.2) is 4.98 Å². The zero-order valence-corrected chi connectivity index (χ0v) is 15.7. The smallest absolute Gasteiger partial charge is 0.250 e. The summed E-state index contributed by atoms with van der Waals surface area (Å²) in [5, 5.41) is 5.65. The largest absolute Gasteiger partial charge is 0.342 e. The highest BCUT2D eigenvalue weighted by Crippen LogP contribution is 2.21. The fourth-order valence-corrected chi connectivity index (χ4v) is 2.55. The van der Waals surface area contributed by atoms with Crippen LogP contribution in [0.3, 0.4) is 0 Å². The molecule has 0 bridgehead atoms. The molecular weight excluding hydrogens is 316 g/mol. The lowest BCUT2D eigenvalue weighted by Gasteiger charge is -2.32. The Morgan fingerprint density at radius 2 is 1.76 bits per heavy atom. The number of amides is 2. The molecule has 2 aromatic rings. The van der Waals surface area contributed by atoms with Crippen LogP contribution in [-0.4, -0.2) is 26.9 Å². The van der Waals surface area contributed by atoms with Gasteiger partial charge < -0.3 is 15.2 Å². The van der Waals surface area contributed by atoms with Gasteiger partial charge in [0.25, 0.3) is 0 Å². The maximum absolute atomic E-state index is 12.7. The quantitative estimate of drug-likeness (QED) is 0.877. The molecule has 0 radical (unpaired) electrons. The van der Waals surface area contributed by atoms with Crippen LogP contribution >= 0.6 is 0 Å². The number of nitrogens with zero attached hydrogens (tertiary/aromatic N) is 2. The number of rotatable bonds is 5. The van der Waals surface area contributed by atoms with Crippen LogP contribution in [0.1, 0.15) is 39.1 Å². The Morgan fingerprint density at radius 3 is 2.20 bits per heavy atom. The summed E-state index contributed by atoms with van der Waals surface area (Å²) in [6.45, 7) is 10.9. The van der Waals surface area contributed by atoms with Crippen LogP contribution < -0.4 is 10.6 Å². The number of aryl methyl sites for hydroxylation is 1. The lowest BCUT2D eigenvalue weighted by Crippen LogP contribution is -2.57. The number of imidazole rings is 1. The molecule has 0 aliphatic rings. The SMILES string of the molecule is CC(=O)NC(C)(C(=O)Nc1ccc(-n2cnc(C)c2C)cc1)C(C)C. The van der Waals surface area contributed by atoms with Crippen molar-refractivity contribution in [1.82, 2.24) is 14.9 Å². The molecule has 1 unspecified atom stereocenters. The molecule has 0 saturated heterocycles. The Kier molecular flexibility index (Phi) is 5.30. The molecule has 1 heterocycles. The van der Waals surface area contributed by atoms with Gasteiger partial charge in [-0.3, -0.25) is 9.59 Å². The third-order valence-electron chi connectivity index (χ3n) is 4.72. The van der Waals surface area contributed by atoms with Gasteiger partial charge in [-0.1, -0.05) is 13.8 Å². The third kappa shape index (κ3) is 3.90. The van der Waals surface area contributed by atoms with Gasteiger partial charge in [-0.2, -0.15) is 0 Å². The van der Waals surface area contributed by atoms with Crippen molar-refractivity contribution >= 4 is 17.5 Å². The van der Waals surface area contributed by atoms with Crippen molar-refractivity contribution in [3.05, 3.63) is 42.0 Å². The second kappa shape index (κ2) is 7.09. The van der Waals surface area contributed by atoms with E-state index in [1.54, 1.807) is 13.3 Å². The summed E-state index contributed by atoms with van der Waals surface area (Å²) in [5.74, 6) is -0.514. The van der Waals surface area contributed by atoms with E-state index in [0.717, 1.165) is 17.1 Å². The molecule has 25 heavy (non-hydrogen) atoms. The molecule has 0 spiro atoms. The summed E-state index contributed by atoms with van der Waals surface area (Å²) in [5.41, 5.74) is 2.75. The van der Waals surface area contributed by atoms with Crippen LogP contribution in [0.15, 0.2) is 30.6 Å². The first-order valence-corrected chi connectivity index (χ1v) is 8.36. The van der Waals surface area contributed by atoms with E-state index >= 15 is 0 Å². The molecule has 6 heteroatoms. The van der Waals surface area contributed by atoms with Gasteiger partial charge in [0.15, 0.2) is 0 Å². The predicted octanol–water partition coefficient (Wildman–Crippen LogP) is 2.98. The maximum atomic E-state index is 12.7. The molecule has 0 saturated carbocycles. The molecule has 0 aliphatic carbocycles. The molecule has 0 fully saturated rings. The zero-order chi connectivity index (χ0) is 18.8. The highest BCUT2D eigenvalue weighted by Gasteiger charge is 2.37. The summed E-state index contributed by atoms with van der Waals surface area (Å²) in [6, 6.07) is 7.54. The van der Waals surface area contributed by atoms with Gasteiger partial charge in [0.05, 0.1) is 12.0 Å². The van der Waals surface area contributed by atoms with Crippen molar-refractivity contribution in [1.29, 1.82) is 0 Å². The number of nitrogens with one attached hydrogen (secondary N) is 2. The highest BCUT2D eigenvalue weighted by atomic mass is 16.2. The van der Waals surface area contributed by atoms with Gasteiger partial charge in [-0.15, -0.1) is 0 Å². The van der Waals surface area contributed by atoms with Crippen molar-refractivity contribution < 1.29 is 9.59 Å². The molecule has 2 amide bonds. The maximum Gasteiger partial charge on any atom is 0.250 e. The number of carbonyl (C=O) groups is 2. The Bertz CT molecular complexity index is 777.